The van der Waals surface area contributed by atoms with Gasteiger partial charge in [-0.1, -0.05) is 0 Å². The predicted molar refractivity (Wildman–Crippen MR) is 40.7 cm³/mol. The van der Waals surface area contributed by atoms with Crippen molar-refractivity contribution in [3.8, 4) is 0 Å². The van der Waals surface area contributed by atoms with E-state index in [4.69, 9.17) is 15.3 Å². The first-order valence-electron chi connectivity index (χ1n) is 3.50. The molecule has 5 heteroatoms. The molecule has 0 aliphatic heterocycles. The molecular weight excluding hydrogens is 160 g/mol. The van der Waals surface area contributed by atoms with E-state index in [1.807, 2.05) is 0 Å². The number of rotatable bonds is 3. The number of carbonyl (C=O) groups is 1. The highest BCUT2D eigenvalue weighted by Crippen LogP contribution is 2.13. The second-order valence-corrected chi connectivity index (χ2v) is 2.45. The highest BCUT2D eigenvalue weighted by molar-refractivity contribution is 5.74. The highest BCUT2D eigenvalue weighted by Gasteiger charge is 2.22. The summed E-state index contributed by atoms with van der Waals surface area (Å²) in [6.07, 6.45) is 1.40. The highest BCUT2D eigenvalue weighted by atomic mass is 16.4. The average Bonchev–Trinajstić information content (AvgIpc) is 2.37. The van der Waals surface area contributed by atoms with Crippen molar-refractivity contribution < 1.29 is 14.3 Å². The quantitative estimate of drug-likeness (QED) is 0.672. The summed E-state index contributed by atoms with van der Waals surface area (Å²) in [7, 11) is 0. The number of aryl methyl sites for hydroxylation is 1. The Morgan fingerprint density at radius 1 is 1.92 bits per heavy atom. The van der Waals surface area contributed by atoms with E-state index in [-0.39, 0.29) is 12.4 Å². The van der Waals surface area contributed by atoms with E-state index in [1.54, 1.807) is 6.92 Å². The van der Waals surface area contributed by atoms with Crippen molar-refractivity contribution >= 4 is 5.97 Å². The SMILES string of the molecule is Cc1coc(C(CN)C(=O)O)n1. The number of carboxylic acid groups (broad SMARTS) is 1. The van der Waals surface area contributed by atoms with E-state index in [0.717, 1.165) is 0 Å². The molecule has 1 rings (SSSR count). The molecule has 0 radical (unpaired) electrons. The maximum Gasteiger partial charge on any atom is 0.317 e. The van der Waals surface area contributed by atoms with Gasteiger partial charge in [-0.05, 0) is 6.92 Å². The van der Waals surface area contributed by atoms with Gasteiger partial charge in [0.05, 0.1) is 5.69 Å². The van der Waals surface area contributed by atoms with Gasteiger partial charge in [0.15, 0.2) is 0 Å². The zero-order valence-electron chi connectivity index (χ0n) is 6.65. The van der Waals surface area contributed by atoms with Gasteiger partial charge in [-0.15, -0.1) is 0 Å². The molecule has 3 N–H and O–H groups in total. The van der Waals surface area contributed by atoms with Crippen molar-refractivity contribution in [1.82, 2.24) is 4.98 Å². The number of nitrogens with two attached hydrogens (primary N) is 1. The van der Waals surface area contributed by atoms with E-state index in [2.05, 4.69) is 4.98 Å². The van der Waals surface area contributed by atoms with E-state index >= 15 is 0 Å². The van der Waals surface area contributed by atoms with E-state index in [9.17, 15) is 4.79 Å². The number of hydrogen-bond donors (Lipinski definition) is 2. The van der Waals surface area contributed by atoms with Crippen LogP contribution in [0.2, 0.25) is 0 Å². The molecule has 0 fully saturated rings. The van der Waals surface area contributed by atoms with E-state index in [0.29, 0.717) is 5.69 Å². The number of aromatic nitrogens is 1. The molecule has 0 amide bonds. The first-order valence-corrected chi connectivity index (χ1v) is 3.50. The Bertz CT molecular complexity index is 282. The van der Waals surface area contributed by atoms with E-state index < -0.39 is 11.9 Å². The summed E-state index contributed by atoms with van der Waals surface area (Å²) in [5, 5.41) is 8.66. The molecule has 0 spiro atoms. The van der Waals surface area contributed by atoms with Gasteiger partial charge >= 0.3 is 5.97 Å². The van der Waals surface area contributed by atoms with Gasteiger partial charge in [0.2, 0.25) is 5.89 Å². The lowest BCUT2D eigenvalue weighted by molar-refractivity contribution is -0.139. The molecule has 0 saturated heterocycles. The standard InChI is InChI=1S/C7H10N2O3/c1-4-3-12-6(9-4)5(2-8)7(10)11/h3,5H,2,8H2,1H3,(H,10,11). The topological polar surface area (TPSA) is 89.3 Å². The molecule has 0 saturated carbocycles. The average molecular weight is 170 g/mol. The zero-order chi connectivity index (χ0) is 9.14. The van der Waals surface area contributed by atoms with Crippen LogP contribution in [-0.2, 0) is 4.79 Å². The van der Waals surface area contributed by atoms with Gasteiger partial charge in [0, 0.05) is 6.54 Å². The Morgan fingerprint density at radius 3 is 2.92 bits per heavy atom. The summed E-state index contributed by atoms with van der Waals surface area (Å²) in [6.45, 7) is 1.72. The van der Waals surface area contributed by atoms with Crippen molar-refractivity contribution in [1.29, 1.82) is 0 Å². The molecule has 1 atom stereocenters. The lowest BCUT2D eigenvalue weighted by atomic mass is 10.1. The van der Waals surface area contributed by atoms with E-state index in [1.165, 1.54) is 6.26 Å². The minimum absolute atomic E-state index is 0.00468. The molecule has 1 heterocycles. The van der Waals surface area contributed by atoms with Crippen LogP contribution in [0, 0.1) is 6.92 Å². The second kappa shape index (κ2) is 3.36. The molecule has 0 aliphatic carbocycles. The van der Waals surface area contributed by atoms with Crippen molar-refractivity contribution in [2.75, 3.05) is 6.54 Å². The normalized spacial score (nSPS) is 12.8. The predicted octanol–water partition coefficient (Wildman–Crippen LogP) is 0.110. The van der Waals surface area contributed by atoms with Gasteiger partial charge in [0.1, 0.15) is 12.2 Å². The van der Waals surface area contributed by atoms with Crippen LogP contribution in [0.5, 0.6) is 0 Å². The van der Waals surface area contributed by atoms with Crippen molar-refractivity contribution in [3.63, 3.8) is 0 Å². The maximum atomic E-state index is 10.6. The monoisotopic (exact) mass is 170 g/mol. The zero-order valence-corrected chi connectivity index (χ0v) is 6.65. The van der Waals surface area contributed by atoms with Crippen LogP contribution < -0.4 is 5.73 Å². The molecule has 0 bridgehead atoms. The molecular formula is C7H10N2O3. The smallest absolute Gasteiger partial charge is 0.317 e. The van der Waals surface area contributed by atoms with Gasteiger partial charge in [-0.25, -0.2) is 4.98 Å². The Labute approximate surface area is 69.2 Å². The Hall–Kier alpha value is -1.36. The van der Waals surface area contributed by atoms with Crippen molar-refractivity contribution in [2.45, 2.75) is 12.8 Å². The number of aliphatic carboxylic acids is 1. The molecule has 66 valence electrons. The van der Waals surface area contributed by atoms with Crippen LogP contribution in [-0.4, -0.2) is 22.6 Å². The molecule has 0 aromatic carbocycles. The van der Waals surface area contributed by atoms with Gasteiger partial charge in [-0.2, -0.15) is 0 Å². The molecule has 1 aromatic heterocycles. The van der Waals surface area contributed by atoms with Crippen LogP contribution >= 0.6 is 0 Å². The number of nitrogens with zero attached hydrogens (tertiary/aromatic N) is 1. The molecule has 1 aromatic rings. The first kappa shape index (κ1) is 8.73. The van der Waals surface area contributed by atoms with Crippen molar-refractivity contribution in [2.24, 2.45) is 5.73 Å². The second-order valence-electron chi connectivity index (χ2n) is 2.45. The number of hydrogen-bond acceptors (Lipinski definition) is 4. The lowest BCUT2D eigenvalue weighted by Crippen LogP contribution is -2.21. The van der Waals surface area contributed by atoms with Crippen LogP contribution in [0.25, 0.3) is 0 Å². The summed E-state index contributed by atoms with van der Waals surface area (Å²) in [5.41, 5.74) is 5.89. The Kier molecular flexibility index (Phi) is 2.44. The largest absolute Gasteiger partial charge is 0.481 e. The van der Waals surface area contributed by atoms with Gasteiger partial charge in [0.25, 0.3) is 0 Å². The number of oxazole rings is 1. The van der Waals surface area contributed by atoms with Crippen LogP contribution in [0.15, 0.2) is 10.7 Å². The third-order valence-corrected chi connectivity index (χ3v) is 1.47. The molecule has 5 nitrogen and oxygen atoms in total. The summed E-state index contributed by atoms with van der Waals surface area (Å²) in [6, 6.07) is 0. The lowest BCUT2D eigenvalue weighted by Gasteiger charge is -2.02. The fourth-order valence-electron chi connectivity index (χ4n) is 0.839. The third-order valence-electron chi connectivity index (χ3n) is 1.47. The summed E-state index contributed by atoms with van der Waals surface area (Å²) >= 11 is 0. The van der Waals surface area contributed by atoms with Crippen LogP contribution in [0.4, 0.5) is 0 Å². The fourth-order valence-corrected chi connectivity index (χ4v) is 0.839. The molecule has 0 aliphatic rings. The minimum atomic E-state index is -1.01. The van der Waals surface area contributed by atoms with Gasteiger partial charge < -0.3 is 15.3 Å². The Morgan fingerprint density at radius 2 is 2.58 bits per heavy atom. The molecule has 12 heavy (non-hydrogen) atoms. The fraction of sp³-hybridized carbons (Fsp3) is 0.429. The minimum Gasteiger partial charge on any atom is -0.481 e. The summed E-state index contributed by atoms with van der Waals surface area (Å²) in [4.78, 5) is 14.4. The Balaban J connectivity index is 2.87. The summed E-state index contributed by atoms with van der Waals surface area (Å²) < 4.78 is 4.91. The number of carboxylic acids is 1. The molecule has 1 unspecified atom stereocenters. The van der Waals surface area contributed by atoms with Crippen molar-refractivity contribution in [3.05, 3.63) is 17.8 Å². The van der Waals surface area contributed by atoms with Gasteiger partial charge in [-0.3, -0.25) is 4.79 Å². The first-order chi connectivity index (χ1) is 5.65. The maximum absolute atomic E-state index is 10.6. The third kappa shape index (κ3) is 1.62. The summed E-state index contributed by atoms with van der Waals surface area (Å²) in [5.74, 6) is -1.68. The van der Waals surface area contributed by atoms with Crippen LogP contribution in [0.3, 0.4) is 0 Å². The van der Waals surface area contributed by atoms with Crippen LogP contribution in [0.1, 0.15) is 17.5 Å².